The van der Waals surface area contributed by atoms with Crippen molar-refractivity contribution in [2.75, 3.05) is 12.1 Å². The summed E-state index contributed by atoms with van der Waals surface area (Å²) in [5.41, 5.74) is 4.00. The topological polar surface area (TPSA) is 47.3 Å². The molecule has 2 aromatic rings. The highest BCUT2D eigenvalue weighted by atomic mass is 16.7. The zero-order valence-electron chi connectivity index (χ0n) is 7.36. The first-order valence-corrected chi connectivity index (χ1v) is 4.07. The normalized spacial score (nSPS) is 9.93. The number of hydrogen-bond acceptors (Lipinski definition) is 4. The van der Waals surface area contributed by atoms with Crippen molar-refractivity contribution in [1.29, 1.82) is 0 Å². The lowest BCUT2D eigenvalue weighted by Gasteiger charge is -1.95. The molecule has 1 aromatic heterocycles. The molecular weight excluding hydrogens is 180 g/mol. The van der Waals surface area contributed by atoms with Gasteiger partial charge in [-0.05, 0) is 12.1 Å². The summed E-state index contributed by atoms with van der Waals surface area (Å²) in [7, 11) is 0. The molecule has 0 fully saturated rings. The van der Waals surface area contributed by atoms with Crippen LogP contribution < -0.4 is 5.48 Å². The summed E-state index contributed by atoms with van der Waals surface area (Å²) in [6.45, 7) is 0.165. The second-order valence-corrected chi connectivity index (χ2v) is 2.58. The van der Waals surface area contributed by atoms with Gasteiger partial charge in [0.2, 0.25) is 0 Å². The zero-order chi connectivity index (χ0) is 9.80. The van der Waals surface area contributed by atoms with Crippen LogP contribution in [0.3, 0.4) is 0 Å². The van der Waals surface area contributed by atoms with E-state index in [4.69, 9.17) is 15.7 Å². The summed E-state index contributed by atoms with van der Waals surface area (Å²) >= 11 is 0. The third-order valence-corrected chi connectivity index (χ3v) is 1.61. The minimum absolute atomic E-state index is 0.165. The Kier molecular flexibility index (Phi) is 2.34. The van der Waals surface area contributed by atoms with Crippen LogP contribution in [0.5, 0.6) is 0 Å². The molecule has 14 heavy (non-hydrogen) atoms. The van der Waals surface area contributed by atoms with E-state index in [-0.39, 0.29) is 6.61 Å². The van der Waals surface area contributed by atoms with Crippen LogP contribution in [-0.2, 0) is 4.84 Å². The van der Waals surface area contributed by atoms with Crippen LogP contribution in [0.4, 0.5) is 6.01 Å². The first-order chi connectivity index (χ1) is 6.90. The van der Waals surface area contributed by atoms with Gasteiger partial charge < -0.3 is 4.42 Å². The molecular formula is C10H8N2O2. The van der Waals surface area contributed by atoms with Crippen LogP contribution in [0.2, 0.25) is 0 Å². The number of nitrogens with one attached hydrogen (secondary N) is 1. The van der Waals surface area contributed by atoms with Crippen molar-refractivity contribution in [1.82, 2.24) is 4.98 Å². The van der Waals surface area contributed by atoms with Crippen LogP contribution in [0.15, 0.2) is 28.7 Å². The van der Waals surface area contributed by atoms with Crippen LogP contribution in [-0.4, -0.2) is 11.6 Å². The molecule has 0 saturated carbocycles. The molecule has 1 N–H and O–H groups in total. The highest BCUT2D eigenvalue weighted by molar-refractivity contribution is 5.73. The van der Waals surface area contributed by atoms with E-state index in [2.05, 4.69) is 16.4 Å². The van der Waals surface area contributed by atoms with Crippen molar-refractivity contribution in [3.05, 3.63) is 24.3 Å². The number of para-hydroxylation sites is 2. The average Bonchev–Trinajstić information content (AvgIpc) is 2.60. The van der Waals surface area contributed by atoms with Crippen molar-refractivity contribution in [2.45, 2.75) is 0 Å². The Balaban J connectivity index is 2.15. The third-order valence-electron chi connectivity index (χ3n) is 1.61. The molecule has 1 heterocycles. The van der Waals surface area contributed by atoms with Gasteiger partial charge in [0, 0.05) is 0 Å². The summed E-state index contributed by atoms with van der Waals surface area (Å²) in [5, 5.41) is 0. The third kappa shape index (κ3) is 1.68. The maximum absolute atomic E-state index is 5.30. The highest BCUT2D eigenvalue weighted by Crippen LogP contribution is 2.17. The van der Waals surface area contributed by atoms with E-state index in [1.165, 1.54) is 0 Å². The van der Waals surface area contributed by atoms with E-state index in [1.807, 2.05) is 24.3 Å². The van der Waals surface area contributed by atoms with Gasteiger partial charge >= 0.3 is 6.01 Å². The largest absolute Gasteiger partial charge is 0.422 e. The van der Waals surface area contributed by atoms with Crippen molar-refractivity contribution >= 4 is 17.1 Å². The van der Waals surface area contributed by atoms with Crippen molar-refractivity contribution < 1.29 is 9.25 Å². The summed E-state index contributed by atoms with van der Waals surface area (Å²) < 4.78 is 5.30. The summed E-state index contributed by atoms with van der Waals surface area (Å²) in [4.78, 5) is 8.97. The van der Waals surface area contributed by atoms with Crippen LogP contribution in [0.1, 0.15) is 0 Å². The van der Waals surface area contributed by atoms with Gasteiger partial charge in [-0.2, -0.15) is 4.98 Å². The molecule has 0 aliphatic carbocycles. The Morgan fingerprint density at radius 3 is 3.14 bits per heavy atom. The number of aromatic nitrogens is 1. The maximum atomic E-state index is 5.30. The zero-order valence-corrected chi connectivity index (χ0v) is 7.36. The monoisotopic (exact) mass is 188 g/mol. The summed E-state index contributed by atoms with van der Waals surface area (Å²) in [6.07, 6.45) is 5.00. The average molecular weight is 188 g/mol. The Morgan fingerprint density at radius 2 is 2.36 bits per heavy atom. The van der Waals surface area contributed by atoms with Gasteiger partial charge in [0.1, 0.15) is 12.1 Å². The second kappa shape index (κ2) is 3.81. The molecule has 0 aliphatic heterocycles. The van der Waals surface area contributed by atoms with Crippen LogP contribution >= 0.6 is 0 Å². The van der Waals surface area contributed by atoms with Crippen molar-refractivity contribution in [3.63, 3.8) is 0 Å². The van der Waals surface area contributed by atoms with Crippen LogP contribution in [0.25, 0.3) is 11.1 Å². The van der Waals surface area contributed by atoms with Gasteiger partial charge in [-0.1, -0.05) is 18.1 Å². The van der Waals surface area contributed by atoms with Gasteiger partial charge in [-0.15, -0.1) is 6.42 Å². The fraction of sp³-hybridized carbons (Fsp3) is 0.100. The molecule has 4 nitrogen and oxygen atoms in total. The Labute approximate surface area is 80.8 Å². The lowest BCUT2D eigenvalue weighted by atomic mass is 10.3. The van der Waals surface area contributed by atoms with Crippen molar-refractivity contribution in [2.24, 2.45) is 0 Å². The van der Waals surface area contributed by atoms with E-state index in [1.54, 1.807) is 0 Å². The molecule has 0 atom stereocenters. The molecule has 0 bridgehead atoms. The first-order valence-electron chi connectivity index (χ1n) is 4.07. The molecule has 0 aliphatic rings. The molecule has 0 saturated heterocycles. The molecule has 2 rings (SSSR count). The van der Waals surface area contributed by atoms with E-state index < -0.39 is 0 Å². The molecule has 0 radical (unpaired) electrons. The quantitative estimate of drug-likeness (QED) is 0.453. The van der Waals surface area contributed by atoms with E-state index in [9.17, 15) is 0 Å². The summed E-state index contributed by atoms with van der Waals surface area (Å²) in [5.74, 6) is 2.32. The summed E-state index contributed by atoms with van der Waals surface area (Å²) in [6, 6.07) is 7.75. The molecule has 4 heteroatoms. The fourth-order valence-electron chi connectivity index (χ4n) is 1.06. The minimum atomic E-state index is 0.165. The number of fused-ring (bicyclic) bond motifs is 1. The number of oxazole rings is 1. The number of hydrogen-bond donors (Lipinski definition) is 1. The van der Waals surface area contributed by atoms with E-state index in [0.717, 1.165) is 5.52 Å². The number of anilines is 1. The lowest BCUT2D eigenvalue weighted by molar-refractivity contribution is 0.222. The molecule has 0 spiro atoms. The van der Waals surface area contributed by atoms with E-state index >= 15 is 0 Å². The number of rotatable bonds is 3. The lowest BCUT2D eigenvalue weighted by Crippen LogP contribution is -2.00. The van der Waals surface area contributed by atoms with E-state index in [0.29, 0.717) is 11.6 Å². The number of terminal acetylenes is 1. The minimum Gasteiger partial charge on any atom is -0.422 e. The Hall–Kier alpha value is -1.99. The van der Waals surface area contributed by atoms with Crippen molar-refractivity contribution in [3.8, 4) is 12.3 Å². The number of nitrogens with zero attached hydrogens (tertiary/aromatic N) is 1. The molecule has 0 amide bonds. The first kappa shape index (κ1) is 8.60. The fourth-order valence-corrected chi connectivity index (χ4v) is 1.06. The molecule has 70 valence electrons. The number of benzene rings is 1. The SMILES string of the molecule is C#CCONc1nc2ccccc2o1. The second-order valence-electron chi connectivity index (χ2n) is 2.58. The maximum Gasteiger partial charge on any atom is 0.320 e. The predicted octanol–water partition coefficient (Wildman–Crippen LogP) is 1.80. The molecule has 0 unspecified atom stereocenters. The smallest absolute Gasteiger partial charge is 0.320 e. The van der Waals surface area contributed by atoms with Gasteiger partial charge in [0.05, 0.1) is 0 Å². The highest BCUT2D eigenvalue weighted by Gasteiger charge is 2.02. The standard InChI is InChI=1S/C10H8N2O2/c1-2-7-13-12-10-11-8-5-3-4-6-9(8)14-10/h1,3-6H,7H2,(H,11,12). The van der Waals surface area contributed by atoms with Crippen LogP contribution in [0, 0.1) is 12.3 Å². The van der Waals surface area contributed by atoms with Gasteiger partial charge in [0.15, 0.2) is 5.58 Å². The Morgan fingerprint density at radius 1 is 1.50 bits per heavy atom. The Bertz CT molecular complexity index is 437. The molecule has 1 aromatic carbocycles. The van der Waals surface area contributed by atoms with Gasteiger partial charge in [0.25, 0.3) is 0 Å². The van der Waals surface area contributed by atoms with Gasteiger partial charge in [-0.25, -0.2) is 5.48 Å². The predicted molar refractivity (Wildman–Crippen MR) is 52.4 cm³/mol. The van der Waals surface area contributed by atoms with Gasteiger partial charge in [-0.3, -0.25) is 4.84 Å².